The van der Waals surface area contributed by atoms with Crippen molar-refractivity contribution in [1.82, 2.24) is 0 Å². The van der Waals surface area contributed by atoms with Crippen molar-refractivity contribution in [1.29, 1.82) is 0 Å². The standard InChI is InChI=1S/C25H36O3Si/c1-24(2,3)29(22-15-8-6-9-16-22,23-17-10-7-11-18-23)27-19-13-12-14-21-20-26-25(4,5)28-21/h6-11,15-18,21H,12-14,19-20H2,1-5H3. The third-order valence-corrected chi connectivity index (χ3v) is 10.8. The Morgan fingerprint density at radius 2 is 1.48 bits per heavy atom. The van der Waals surface area contributed by atoms with E-state index < -0.39 is 14.1 Å². The molecule has 0 aromatic heterocycles. The van der Waals surface area contributed by atoms with E-state index in [1.165, 1.54) is 10.4 Å². The molecule has 1 heterocycles. The predicted molar refractivity (Wildman–Crippen MR) is 122 cm³/mol. The Balaban J connectivity index is 1.72. The second-order valence-electron chi connectivity index (χ2n) is 9.46. The molecule has 0 spiro atoms. The van der Waals surface area contributed by atoms with Crippen LogP contribution in [0.4, 0.5) is 0 Å². The molecular formula is C25H36O3Si. The summed E-state index contributed by atoms with van der Waals surface area (Å²) < 4.78 is 18.6. The molecule has 1 unspecified atom stereocenters. The summed E-state index contributed by atoms with van der Waals surface area (Å²) in [7, 11) is -2.41. The Labute approximate surface area is 177 Å². The molecule has 2 aromatic rings. The first-order valence-electron chi connectivity index (χ1n) is 10.8. The van der Waals surface area contributed by atoms with Crippen molar-refractivity contribution in [2.45, 2.75) is 70.8 Å². The molecule has 3 nitrogen and oxygen atoms in total. The van der Waals surface area contributed by atoms with Crippen LogP contribution in [-0.2, 0) is 13.9 Å². The van der Waals surface area contributed by atoms with E-state index in [-0.39, 0.29) is 11.1 Å². The van der Waals surface area contributed by atoms with Gasteiger partial charge in [-0.15, -0.1) is 0 Å². The second kappa shape index (κ2) is 9.13. The van der Waals surface area contributed by atoms with Crippen molar-refractivity contribution in [3.63, 3.8) is 0 Å². The Morgan fingerprint density at radius 3 is 1.93 bits per heavy atom. The van der Waals surface area contributed by atoms with Crippen molar-refractivity contribution in [3.05, 3.63) is 60.7 Å². The van der Waals surface area contributed by atoms with E-state index in [2.05, 4.69) is 81.4 Å². The Hall–Kier alpha value is -1.46. The van der Waals surface area contributed by atoms with Crippen LogP contribution in [-0.4, -0.2) is 33.4 Å². The molecule has 1 saturated heterocycles. The van der Waals surface area contributed by atoms with Gasteiger partial charge in [-0.05, 0) is 48.5 Å². The zero-order valence-electron chi connectivity index (χ0n) is 18.6. The van der Waals surface area contributed by atoms with Crippen LogP contribution < -0.4 is 10.4 Å². The van der Waals surface area contributed by atoms with Crippen LogP contribution in [0.25, 0.3) is 0 Å². The lowest BCUT2D eigenvalue weighted by molar-refractivity contribution is -0.139. The highest BCUT2D eigenvalue weighted by Gasteiger charge is 2.49. The Morgan fingerprint density at radius 1 is 0.931 bits per heavy atom. The molecule has 0 N–H and O–H groups in total. The summed E-state index contributed by atoms with van der Waals surface area (Å²) in [6.07, 6.45) is 3.35. The highest BCUT2D eigenvalue weighted by atomic mass is 28.4. The van der Waals surface area contributed by atoms with Crippen LogP contribution in [0.3, 0.4) is 0 Å². The van der Waals surface area contributed by atoms with Gasteiger partial charge in [0, 0.05) is 6.61 Å². The van der Waals surface area contributed by atoms with Crippen LogP contribution in [0.1, 0.15) is 53.9 Å². The molecule has 1 fully saturated rings. The number of unbranched alkanes of at least 4 members (excludes halogenated alkanes) is 1. The van der Waals surface area contributed by atoms with Gasteiger partial charge in [-0.3, -0.25) is 0 Å². The molecule has 0 saturated carbocycles. The maximum Gasteiger partial charge on any atom is 0.261 e. The molecule has 1 atom stereocenters. The summed E-state index contributed by atoms with van der Waals surface area (Å²) in [6.45, 7) is 12.4. The van der Waals surface area contributed by atoms with E-state index in [4.69, 9.17) is 13.9 Å². The van der Waals surface area contributed by atoms with Gasteiger partial charge in [-0.25, -0.2) is 0 Å². The lowest BCUT2D eigenvalue weighted by Gasteiger charge is -2.43. The number of hydrogen-bond donors (Lipinski definition) is 0. The monoisotopic (exact) mass is 412 g/mol. The van der Waals surface area contributed by atoms with Gasteiger partial charge in [0.05, 0.1) is 12.7 Å². The summed E-state index contributed by atoms with van der Waals surface area (Å²) in [6, 6.07) is 21.7. The lowest BCUT2D eigenvalue weighted by atomic mass is 10.2. The summed E-state index contributed by atoms with van der Waals surface area (Å²) in [4.78, 5) is 0. The van der Waals surface area contributed by atoms with Crippen molar-refractivity contribution in [3.8, 4) is 0 Å². The van der Waals surface area contributed by atoms with Gasteiger partial charge in [0.2, 0.25) is 0 Å². The van der Waals surface area contributed by atoms with Gasteiger partial charge in [0.25, 0.3) is 8.32 Å². The molecule has 1 aliphatic rings. The van der Waals surface area contributed by atoms with Crippen LogP contribution in [0, 0.1) is 0 Å². The molecule has 158 valence electrons. The van der Waals surface area contributed by atoms with E-state index in [0.29, 0.717) is 6.61 Å². The third-order valence-electron chi connectivity index (χ3n) is 5.72. The predicted octanol–water partition coefficient (Wildman–Crippen LogP) is 4.88. The number of ether oxygens (including phenoxy) is 2. The molecule has 0 bridgehead atoms. The fourth-order valence-corrected chi connectivity index (χ4v) is 8.97. The average Bonchev–Trinajstić information content (AvgIpc) is 3.04. The van der Waals surface area contributed by atoms with Gasteiger partial charge in [0.15, 0.2) is 5.79 Å². The Kier molecular flexibility index (Phi) is 7.00. The molecule has 3 rings (SSSR count). The minimum atomic E-state index is -2.41. The Bertz CT molecular complexity index is 713. The van der Waals surface area contributed by atoms with E-state index >= 15 is 0 Å². The molecule has 4 heteroatoms. The molecule has 2 aromatic carbocycles. The van der Waals surface area contributed by atoms with Crippen LogP contribution in [0.5, 0.6) is 0 Å². The van der Waals surface area contributed by atoms with E-state index in [1.54, 1.807) is 0 Å². The third kappa shape index (κ3) is 5.18. The van der Waals surface area contributed by atoms with Gasteiger partial charge >= 0.3 is 0 Å². The molecule has 0 radical (unpaired) electrons. The maximum absolute atomic E-state index is 6.94. The molecular weight excluding hydrogens is 376 g/mol. The average molecular weight is 413 g/mol. The number of benzene rings is 2. The van der Waals surface area contributed by atoms with Gasteiger partial charge in [0.1, 0.15) is 0 Å². The van der Waals surface area contributed by atoms with Gasteiger partial charge in [-0.1, -0.05) is 81.4 Å². The molecule has 0 aliphatic carbocycles. The second-order valence-corrected chi connectivity index (χ2v) is 13.8. The van der Waals surface area contributed by atoms with Gasteiger partial charge in [-0.2, -0.15) is 0 Å². The fraction of sp³-hybridized carbons (Fsp3) is 0.520. The molecule has 0 amide bonds. The van der Waals surface area contributed by atoms with Crippen LogP contribution in [0.2, 0.25) is 5.04 Å². The smallest absolute Gasteiger partial charge is 0.261 e. The highest BCUT2D eigenvalue weighted by Crippen LogP contribution is 2.37. The summed E-state index contributed by atoms with van der Waals surface area (Å²) in [5.41, 5.74) is 0. The quantitative estimate of drug-likeness (QED) is 0.457. The lowest BCUT2D eigenvalue weighted by Crippen LogP contribution is -2.66. The zero-order chi connectivity index (χ0) is 21.0. The first-order chi connectivity index (χ1) is 13.7. The summed E-state index contributed by atoms with van der Waals surface area (Å²) in [5.74, 6) is -0.434. The van der Waals surface area contributed by atoms with Crippen molar-refractivity contribution in [2.24, 2.45) is 0 Å². The normalized spacial score (nSPS) is 19.4. The maximum atomic E-state index is 6.94. The van der Waals surface area contributed by atoms with Crippen molar-refractivity contribution < 1.29 is 13.9 Å². The number of hydrogen-bond acceptors (Lipinski definition) is 3. The van der Waals surface area contributed by atoms with Gasteiger partial charge < -0.3 is 13.9 Å². The van der Waals surface area contributed by atoms with Crippen molar-refractivity contribution in [2.75, 3.05) is 13.2 Å². The minimum absolute atomic E-state index is 0.0299. The zero-order valence-corrected chi connectivity index (χ0v) is 19.6. The summed E-state index contributed by atoms with van der Waals surface area (Å²) >= 11 is 0. The molecule has 1 aliphatic heterocycles. The molecule has 29 heavy (non-hydrogen) atoms. The largest absolute Gasteiger partial charge is 0.407 e. The fourth-order valence-electron chi connectivity index (χ4n) is 4.37. The van der Waals surface area contributed by atoms with Crippen LogP contribution >= 0.6 is 0 Å². The van der Waals surface area contributed by atoms with Crippen LogP contribution in [0.15, 0.2) is 60.7 Å². The van der Waals surface area contributed by atoms with E-state index in [9.17, 15) is 0 Å². The van der Waals surface area contributed by atoms with E-state index in [0.717, 1.165) is 25.9 Å². The highest BCUT2D eigenvalue weighted by molar-refractivity contribution is 6.99. The number of rotatable bonds is 8. The SMILES string of the molecule is CC1(C)OCC(CCCCO[Si](c2ccccc2)(c2ccccc2)C(C)(C)C)O1. The first kappa shape index (κ1) is 22.2. The van der Waals surface area contributed by atoms with Crippen molar-refractivity contribution >= 4 is 18.7 Å². The van der Waals surface area contributed by atoms with E-state index in [1.807, 2.05) is 13.8 Å². The minimum Gasteiger partial charge on any atom is -0.407 e. The first-order valence-corrected chi connectivity index (χ1v) is 12.7. The summed E-state index contributed by atoms with van der Waals surface area (Å²) in [5, 5.41) is 2.71. The topological polar surface area (TPSA) is 27.7 Å².